The van der Waals surface area contributed by atoms with Crippen molar-refractivity contribution in [3.05, 3.63) is 0 Å². The van der Waals surface area contributed by atoms with E-state index in [9.17, 15) is 8.42 Å². The van der Waals surface area contributed by atoms with Crippen LogP contribution in [0, 0.1) is 0 Å². The van der Waals surface area contributed by atoms with Gasteiger partial charge < -0.3 is 4.74 Å². The Bertz CT molecular complexity index is 269. The normalized spacial score (nSPS) is 34.9. The highest BCUT2D eigenvalue weighted by atomic mass is 32.2. The molecule has 0 aromatic heterocycles. The van der Waals surface area contributed by atoms with Gasteiger partial charge in [-0.05, 0) is 6.42 Å². The average molecular weight is 205 g/mol. The van der Waals surface area contributed by atoms with E-state index < -0.39 is 9.84 Å². The molecule has 5 heteroatoms. The van der Waals surface area contributed by atoms with Crippen molar-refractivity contribution in [3.63, 3.8) is 0 Å². The molecule has 1 unspecified atom stereocenters. The number of sulfone groups is 1. The molecule has 76 valence electrons. The summed E-state index contributed by atoms with van der Waals surface area (Å²) < 4.78 is 27.7. The molecule has 2 aliphatic heterocycles. The third-order valence-electron chi connectivity index (χ3n) is 2.77. The Balaban J connectivity index is 1.95. The van der Waals surface area contributed by atoms with Crippen LogP contribution < -0.4 is 0 Å². The van der Waals surface area contributed by atoms with Crippen LogP contribution in [0.1, 0.15) is 6.42 Å². The molecule has 2 heterocycles. The summed E-state index contributed by atoms with van der Waals surface area (Å²) in [6, 6.07) is 0.258. The fourth-order valence-electron chi connectivity index (χ4n) is 2.01. The summed E-state index contributed by atoms with van der Waals surface area (Å²) in [5.74, 6) is 0.724. The van der Waals surface area contributed by atoms with Crippen LogP contribution in [0.2, 0.25) is 0 Å². The maximum absolute atomic E-state index is 11.2. The topological polar surface area (TPSA) is 46.6 Å². The van der Waals surface area contributed by atoms with Gasteiger partial charge in [-0.2, -0.15) is 0 Å². The highest BCUT2D eigenvalue weighted by molar-refractivity contribution is 7.91. The van der Waals surface area contributed by atoms with Crippen LogP contribution in [0.25, 0.3) is 0 Å². The zero-order chi connectivity index (χ0) is 9.31. The van der Waals surface area contributed by atoms with E-state index in [1.165, 1.54) is 0 Å². The highest BCUT2D eigenvalue weighted by Crippen LogP contribution is 2.18. The SMILES string of the molecule is O=S1(=O)CCC(N2CCOCC2)C1. The van der Waals surface area contributed by atoms with Crippen molar-refractivity contribution in [1.82, 2.24) is 4.90 Å². The summed E-state index contributed by atoms with van der Waals surface area (Å²) >= 11 is 0. The van der Waals surface area contributed by atoms with E-state index in [-0.39, 0.29) is 6.04 Å². The Morgan fingerprint density at radius 3 is 2.46 bits per heavy atom. The molecular formula is C8H15NO3S. The van der Waals surface area contributed by atoms with Gasteiger partial charge in [0.25, 0.3) is 0 Å². The Morgan fingerprint density at radius 2 is 1.92 bits per heavy atom. The van der Waals surface area contributed by atoms with E-state index >= 15 is 0 Å². The minimum absolute atomic E-state index is 0.258. The second-order valence-corrected chi connectivity index (χ2v) is 5.93. The molecule has 0 N–H and O–H groups in total. The maximum Gasteiger partial charge on any atom is 0.151 e. The van der Waals surface area contributed by atoms with E-state index in [0.29, 0.717) is 11.5 Å². The number of morpholine rings is 1. The molecule has 2 saturated heterocycles. The third-order valence-corrected chi connectivity index (χ3v) is 4.52. The zero-order valence-electron chi connectivity index (χ0n) is 7.61. The van der Waals surface area contributed by atoms with Gasteiger partial charge in [0.15, 0.2) is 9.84 Å². The fraction of sp³-hybridized carbons (Fsp3) is 1.00. The maximum atomic E-state index is 11.2. The van der Waals surface area contributed by atoms with Crippen LogP contribution >= 0.6 is 0 Å². The van der Waals surface area contributed by atoms with E-state index in [4.69, 9.17) is 4.74 Å². The first-order valence-corrected chi connectivity index (χ1v) is 6.52. The number of hydrogen-bond donors (Lipinski definition) is 0. The minimum atomic E-state index is -2.73. The van der Waals surface area contributed by atoms with E-state index in [1.807, 2.05) is 0 Å². The lowest BCUT2D eigenvalue weighted by Crippen LogP contribution is -2.44. The molecule has 0 spiro atoms. The van der Waals surface area contributed by atoms with Gasteiger partial charge in [-0.1, -0.05) is 0 Å². The highest BCUT2D eigenvalue weighted by Gasteiger charge is 2.32. The number of nitrogens with zero attached hydrogens (tertiary/aromatic N) is 1. The van der Waals surface area contributed by atoms with Crippen LogP contribution in [0.3, 0.4) is 0 Å². The van der Waals surface area contributed by atoms with Gasteiger partial charge in [-0.25, -0.2) is 8.42 Å². The second-order valence-electron chi connectivity index (χ2n) is 3.71. The van der Waals surface area contributed by atoms with Gasteiger partial charge in [0.2, 0.25) is 0 Å². The van der Waals surface area contributed by atoms with Gasteiger partial charge in [0, 0.05) is 19.1 Å². The molecular weight excluding hydrogens is 190 g/mol. The third kappa shape index (κ3) is 2.21. The summed E-state index contributed by atoms with van der Waals surface area (Å²) in [5.41, 5.74) is 0. The number of hydrogen-bond acceptors (Lipinski definition) is 4. The average Bonchev–Trinajstić information content (AvgIpc) is 2.48. The summed E-state index contributed by atoms with van der Waals surface area (Å²) in [4.78, 5) is 2.24. The van der Waals surface area contributed by atoms with Crippen molar-refractivity contribution in [2.24, 2.45) is 0 Å². The fourth-order valence-corrected chi connectivity index (χ4v) is 3.77. The molecule has 13 heavy (non-hydrogen) atoms. The van der Waals surface area contributed by atoms with Gasteiger partial charge in [-0.15, -0.1) is 0 Å². The Hall–Kier alpha value is -0.130. The zero-order valence-corrected chi connectivity index (χ0v) is 8.42. The van der Waals surface area contributed by atoms with E-state index in [1.54, 1.807) is 0 Å². The van der Waals surface area contributed by atoms with Gasteiger partial charge >= 0.3 is 0 Å². The van der Waals surface area contributed by atoms with Crippen molar-refractivity contribution in [2.45, 2.75) is 12.5 Å². The van der Waals surface area contributed by atoms with Gasteiger partial charge in [0.05, 0.1) is 24.7 Å². The van der Waals surface area contributed by atoms with Crippen LogP contribution in [-0.4, -0.2) is 57.2 Å². The molecule has 0 amide bonds. The number of rotatable bonds is 1. The smallest absolute Gasteiger partial charge is 0.151 e. The van der Waals surface area contributed by atoms with E-state index in [2.05, 4.69) is 4.90 Å². The van der Waals surface area contributed by atoms with Crippen molar-refractivity contribution < 1.29 is 13.2 Å². The van der Waals surface area contributed by atoms with Crippen LogP contribution in [0.5, 0.6) is 0 Å². The van der Waals surface area contributed by atoms with Crippen molar-refractivity contribution in [3.8, 4) is 0 Å². The second kappa shape index (κ2) is 3.55. The first-order chi connectivity index (χ1) is 6.17. The van der Waals surface area contributed by atoms with Crippen LogP contribution in [0.4, 0.5) is 0 Å². The Morgan fingerprint density at radius 1 is 1.23 bits per heavy atom. The van der Waals surface area contributed by atoms with Gasteiger partial charge in [-0.3, -0.25) is 4.90 Å². The Labute approximate surface area is 78.8 Å². The van der Waals surface area contributed by atoms with Crippen LogP contribution in [-0.2, 0) is 14.6 Å². The summed E-state index contributed by atoms with van der Waals surface area (Å²) in [6.45, 7) is 3.27. The molecule has 0 aliphatic carbocycles. The first kappa shape index (κ1) is 9.43. The molecule has 0 saturated carbocycles. The van der Waals surface area contributed by atoms with Crippen molar-refractivity contribution >= 4 is 9.84 Å². The molecule has 2 rings (SSSR count). The lowest BCUT2D eigenvalue weighted by atomic mass is 10.2. The van der Waals surface area contributed by atoms with Crippen LogP contribution in [0.15, 0.2) is 0 Å². The largest absolute Gasteiger partial charge is 0.379 e. The van der Waals surface area contributed by atoms with Gasteiger partial charge in [0.1, 0.15) is 0 Å². The monoisotopic (exact) mass is 205 g/mol. The first-order valence-electron chi connectivity index (χ1n) is 4.70. The standard InChI is InChI=1S/C8H15NO3S/c10-13(11)6-1-8(7-13)9-2-4-12-5-3-9/h8H,1-7H2. The summed E-state index contributed by atoms with van der Waals surface area (Å²) in [6.07, 6.45) is 0.808. The summed E-state index contributed by atoms with van der Waals surface area (Å²) in [5, 5.41) is 0. The van der Waals surface area contributed by atoms with Crippen molar-refractivity contribution in [2.75, 3.05) is 37.8 Å². The molecule has 0 bridgehead atoms. The van der Waals surface area contributed by atoms with Crippen molar-refractivity contribution in [1.29, 1.82) is 0 Å². The lowest BCUT2D eigenvalue weighted by molar-refractivity contribution is 0.0217. The molecule has 0 aromatic rings. The molecule has 1 atom stereocenters. The Kier molecular flexibility index (Phi) is 2.58. The quantitative estimate of drug-likeness (QED) is 0.579. The summed E-state index contributed by atoms with van der Waals surface area (Å²) in [7, 11) is -2.73. The number of ether oxygens (including phenoxy) is 1. The predicted octanol–water partition coefficient (Wildman–Crippen LogP) is -0.494. The molecule has 2 fully saturated rings. The lowest BCUT2D eigenvalue weighted by Gasteiger charge is -2.31. The molecule has 2 aliphatic rings. The minimum Gasteiger partial charge on any atom is -0.379 e. The molecule has 0 aromatic carbocycles. The molecule has 4 nitrogen and oxygen atoms in total. The predicted molar refractivity (Wildman–Crippen MR) is 49.5 cm³/mol. The molecule has 0 radical (unpaired) electrons. The van der Waals surface area contributed by atoms with E-state index in [0.717, 1.165) is 32.7 Å².